The van der Waals surface area contributed by atoms with Crippen LogP contribution in [0.25, 0.3) is 5.65 Å². The van der Waals surface area contributed by atoms with Gasteiger partial charge in [0.15, 0.2) is 5.65 Å². The zero-order valence-electron chi connectivity index (χ0n) is 14.1. The van der Waals surface area contributed by atoms with Gasteiger partial charge in [-0.25, -0.2) is 4.79 Å². The second kappa shape index (κ2) is 6.55. The third-order valence-electron chi connectivity index (χ3n) is 4.67. The first kappa shape index (κ1) is 15.6. The van der Waals surface area contributed by atoms with E-state index in [0.717, 1.165) is 31.0 Å². The Bertz CT molecular complexity index is 891. The van der Waals surface area contributed by atoms with Crippen molar-refractivity contribution in [3.63, 3.8) is 0 Å². The molecule has 0 aliphatic carbocycles. The topological polar surface area (TPSA) is 59.7 Å². The van der Waals surface area contributed by atoms with Gasteiger partial charge in [-0.2, -0.15) is 0 Å². The van der Waals surface area contributed by atoms with Crippen molar-refractivity contribution in [3.8, 4) is 0 Å². The first-order chi connectivity index (χ1) is 12.2. The zero-order chi connectivity index (χ0) is 17.2. The second-order valence-electron chi connectivity index (χ2n) is 6.43. The molecule has 128 valence electrons. The van der Waals surface area contributed by atoms with E-state index >= 15 is 0 Å². The number of anilines is 1. The van der Waals surface area contributed by atoms with Crippen LogP contribution in [0.2, 0.25) is 0 Å². The molecule has 1 fully saturated rings. The van der Waals surface area contributed by atoms with Crippen LogP contribution in [-0.4, -0.2) is 40.3 Å². The van der Waals surface area contributed by atoms with E-state index in [2.05, 4.69) is 27.2 Å². The maximum absolute atomic E-state index is 12.3. The van der Waals surface area contributed by atoms with E-state index in [1.54, 1.807) is 22.7 Å². The van der Waals surface area contributed by atoms with Gasteiger partial charge in [-0.3, -0.25) is 4.40 Å². The lowest BCUT2D eigenvalue weighted by molar-refractivity contribution is 0.0450. The van der Waals surface area contributed by atoms with E-state index in [4.69, 9.17) is 4.74 Å². The summed E-state index contributed by atoms with van der Waals surface area (Å²) in [7, 11) is 0. The molecule has 1 atom stereocenters. The first-order valence-corrected chi connectivity index (χ1v) is 8.49. The number of hydrogen-bond donors (Lipinski definition) is 0. The molecule has 4 rings (SSSR count). The molecule has 0 bridgehead atoms. The molecule has 1 aromatic carbocycles. The Kier molecular flexibility index (Phi) is 4.09. The lowest BCUT2D eigenvalue weighted by Crippen LogP contribution is -2.22. The van der Waals surface area contributed by atoms with Crippen molar-refractivity contribution >= 4 is 17.3 Å². The fourth-order valence-corrected chi connectivity index (χ4v) is 3.24. The zero-order valence-corrected chi connectivity index (χ0v) is 14.1. The van der Waals surface area contributed by atoms with Gasteiger partial charge in [0.2, 0.25) is 0 Å². The lowest BCUT2D eigenvalue weighted by Gasteiger charge is -2.18. The Morgan fingerprint density at radius 3 is 2.88 bits per heavy atom. The SMILES string of the molecule is Cc1nnc2ccc(C(=O)OC[C@@H]3CCN(c4ccccc4)C3)cn12. The van der Waals surface area contributed by atoms with E-state index in [9.17, 15) is 4.79 Å². The summed E-state index contributed by atoms with van der Waals surface area (Å²) in [5.74, 6) is 0.816. The third kappa shape index (κ3) is 3.20. The summed E-state index contributed by atoms with van der Waals surface area (Å²) in [6.45, 7) is 4.21. The monoisotopic (exact) mass is 336 g/mol. The van der Waals surface area contributed by atoms with Gasteiger partial charge in [-0.05, 0) is 37.6 Å². The predicted molar refractivity (Wildman–Crippen MR) is 94.8 cm³/mol. The number of rotatable bonds is 4. The molecule has 2 aromatic heterocycles. The highest BCUT2D eigenvalue weighted by atomic mass is 16.5. The molecule has 1 aliphatic heterocycles. The quantitative estimate of drug-likeness (QED) is 0.686. The fraction of sp³-hybridized carbons (Fsp3) is 0.316. The highest BCUT2D eigenvalue weighted by Gasteiger charge is 2.24. The number of esters is 1. The molecule has 25 heavy (non-hydrogen) atoms. The third-order valence-corrected chi connectivity index (χ3v) is 4.67. The van der Waals surface area contributed by atoms with Crippen LogP contribution in [0.15, 0.2) is 48.7 Å². The molecule has 6 heteroatoms. The Morgan fingerprint density at radius 2 is 2.04 bits per heavy atom. The Labute approximate surface area is 146 Å². The number of carbonyl (C=O) groups is 1. The van der Waals surface area contributed by atoms with Gasteiger partial charge in [0, 0.05) is 30.9 Å². The summed E-state index contributed by atoms with van der Waals surface area (Å²) < 4.78 is 7.34. The number of aromatic nitrogens is 3. The summed E-state index contributed by atoms with van der Waals surface area (Å²) in [6.07, 6.45) is 2.77. The molecule has 0 radical (unpaired) electrons. The maximum atomic E-state index is 12.3. The summed E-state index contributed by atoms with van der Waals surface area (Å²) in [5.41, 5.74) is 2.47. The van der Waals surface area contributed by atoms with Crippen molar-refractivity contribution < 1.29 is 9.53 Å². The minimum absolute atomic E-state index is 0.298. The van der Waals surface area contributed by atoms with Gasteiger partial charge in [-0.15, -0.1) is 10.2 Å². The number of nitrogens with zero attached hydrogens (tertiary/aromatic N) is 4. The summed E-state index contributed by atoms with van der Waals surface area (Å²) in [4.78, 5) is 14.7. The first-order valence-electron chi connectivity index (χ1n) is 8.49. The van der Waals surface area contributed by atoms with Crippen molar-refractivity contribution in [2.45, 2.75) is 13.3 Å². The predicted octanol–water partition coefficient (Wildman–Crippen LogP) is 2.72. The highest BCUT2D eigenvalue weighted by molar-refractivity contribution is 5.89. The van der Waals surface area contributed by atoms with Crippen molar-refractivity contribution in [3.05, 3.63) is 60.0 Å². The van der Waals surface area contributed by atoms with Crippen LogP contribution in [0.1, 0.15) is 22.6 Å². The van der Waals surface area contributed by atoms with Gasteiger partial charge < -0.3 is 9.64 Å². The van der Waals surface area contributed by atoms with E-state index in [-0.39, 0.29) is 5.97 Å². The van der Waals surface area contributed by atoms with Crippen LogP contribution in [0.5, 0.6) is 0 Å². The van der Waals surface area contributed by atoms with Gasteiger partial charge in [0.25, 0.3) is 0 Å². The van der Waals surface area contributed by atoms with Crippen molar-refractivity contribution in [2.75, 3.05) is 24.6 Å². The number of hydrogen-bond acceptors (Lipinski definition) is 5. The van der Waals surface area contributed by atoms with Crippen LogP contribution in [-0.2, 0) is 4.74 Å². The largest absolute Gasteiger partial charge is 0.462 e. The van der Waals surface area contributed by atoms with Crippen molar-refractivity contribution in [1.82, 2.24) is 14.6 Å². The molecule has 1 aliphatic rings. The van der Waals surface area contributed by atoms with Gasteiger partial charge in [0.05, 0.1) is 12.2 Å². The molecule has 0 spiro atoms. The van der Waals surface area contributed by atoms with Gasteiger partial charge in [-0.1, -0.05) is 18.2 Å². The molecule has 0 saturated carbocycles. The van der Waals surface area contributed by atoms with Crippen LogP contribution < -0.4 is 4.90 Å². The van der Waals surface area contributed by atoms with Gasteiger partial charge >= 0.3 is 5.97 Å². The van der Waals surface area contributed by atoms with Crippen molar-refractivity contribution in [1.29, 1.82) is 0 Å². The molecule has 3 aromatic rings. The Hall–Kier alpha value is -2.89. The van der Waals surface area contributed by atoms with Crippen LogP contribution in [0.3, 0.4) is 0 Å². The molecular formula is C19H20N4O2. The molecule has 0 unspecified atom stereocenters. The smallest absolute Gasteiger partial charge is 0.339 e. The summed E-state index contributed by atoms with van der Waals surface area (Å²) in [5, 5.41) is 8.02. The van der Waals surface area contributed by atoms with Crippen LogP contribution in [0, 0.1) is 12.8 Å². The molecule has 3 heterocycles. The van der Waals surface area contributed by atoms with E-state index in [1.807, 2.05) is 25.1 Å². The maximum Gasteiger partial charge on any atom is 0.339 e. The number of pyridine rings is 1. The lowest BCUT2D eigenvalue weighted by atomic mass is 10.1. The summed E-state index contributed by atoms with van der Waals surface area (Å²) >= 11 is 0. The Balaban J connectivity index is 1.36. The van der Waals surface area contributed by atoms with Crippen LogP contribution >= 0.6 is 0 Å². The van der Waals surface area contributed by atoms with Crippen LogP contribution in [0.4, 0.5) is 5.69 Å². The number of fused-ring (bicyclic) bond motifs is 1. The Morgan fingerprint density at radius 1 is 1.20 bits per heavy atom. The molecule has 0 N–H and O–H groups in total. The second-order valence-corrected chi connectivity index (χ2v) is 6.43. The van der Waals surface area contributed by atoms with Crippen molar-refractivity contribution in [2.24, 2.45) is 5.92 Å². The average molecular weight is 336 g/mol. The molecule has 0 amide bonds. The number of ether oxygens (including phenoxy) is 1. The molecular weight excluding hydrogens is 316 g/mol. The normalized spacial score (nSPS) is 17.2. The van der Waals surface area contributed by atoms with E-state index < -0.39 is 0 Å². The average Bonchev–Trinajstić information content (AvgIpc) is 3.27. The minimum atomic E-state index is -0.298. The standard InChI is InChI=1S/C19H20N4O2/c1-14-20-21-18-8-7-16(12-23(14)18)19(24)25-13-15-9-10-22(11-15)17-5-3-2-4-6-17/h2-8,12,15H,9-11,13H2,1H3/t15-/m1/s1. The minimum Gasteiger partial charge on any atom is -0.462 e. The molecule has 1 saturated heterocycles. The number of aryl methyl sites for hydroxylation is 1. The van der Waals surface area contributed by atoms with Gasteiger partial charge in [0.1, 0.15) is 5.82 Å². The highest BCUT2D eigenvalue weighted by Crippen LogP contribution is 2.23. The summed E-state index contributed by atoms with van der Waals surface area (Å²) in [6, 6.07) is 13.9. The van der Waals surface area contributed by atoms with E-state index in [1.165, 1.54) is 5.69 Å². The molecule has 6 nitrogen and oxygen atoms in total. The number of para-hydroxylation sites is 1. The van der Waals surface area contributed by atoms with E-state index in [0.29, 0.717) is 18.1 Å². The fourth-order valence-electron chi connectivity index (χ4n) is 3.24. The number of benzene rings is 1. The number of carbonyl (C=O) groups excluding carboxylic acids is 1.